The molecule has 0 saturated heterocycles. The van der Waals surface area contributed by atoms with Crippen LogP contribution >= 0.6 is 0 Å². The molecular formula is C14H15N3O3. The van der Waals surface area contributed by atoms with Crippen LogP contribution in [0.15, 0.2) is 28.7 Å². The highest BCUT2D eigenvalue weighted by molar-refractivity contribution is 5.36. The van der Waals surface area contributed by atoms with E-state index >= 15 is 0 Å². The lowest BCUT2D eigenvalue weighted by Crippen LogP contribution is -1.89. The van der Waals surface area contributed by atoms with E-state index in [1.165, 1.54) is 0 Å². The third-order valence-electron chi connectivity index (χ3n) is 2.21. The number of hydrogen-bond donors (Lipinski definition) is 0. The third-order valence-corrected chi connectivity index (χ3v) is 2.21. The van der Waals surface area contributed by atoms with Crippen molar-refractivity contribution in [3.8, 4) is 6.07 Å². The van der Waals surface area contributed by atoms with Crippen LogP contribution in [0.5, 0.6) is 0 Å². The summed E-state index contributed by atoms with van der Waals surface area (Å²) in [7, 11) is 0. The molecule has 1 heterocycles. The molecule has 6 heteroatoms. The molecule has 1 aromatic heterocycles. The molecule has 0 fully saturated rings. The van der Waals surface area contributed by atoms with E-state index in [0.717, 1.165) is 5.56 Å². The number of ether oxygens (including phenoxy) is 1. The third kappa shape index (κ3) is 5.31. The molecule has 0 spiro atoms. The second-order valence-corrected chi connectivity index (χ2v) is 3.76. The highest BCUT2D eigenvalue weighted by atomic mass is 16.5. The van der Waals surface area contributed by atoms with Crippen LogP contribution in [0.25, 0.3) is 0 Å². The average molecular weight is 273 g/mol. The zero-order chi connectivity index (χ0) is 14.8. The zero-order valence-corrected chi connectivity index (χ0v) is 11.4. The summed E-state index contributed by atoms with van der Waals surface area (Å²) in [6, 6.07) is 9.45. The van der Waals surface area contributed by atoms with Gasteiger partial charge in [-0.1, -0.05) is 12.1 Å². The number of carbonyl (C=O) groups excluding carboxylic acids is 1. The Balaban J connectivity index is 0.000000347. The number of aromatic nitrogens is 2. The van der Waals surface area contributed by atoms with Gasteiger partial charge in [0.15, 0.2) is 0 Å². The predicted octanol–water partition coefficient (Wildman–Crippen LogP) is 2.02. The molecule has 104 valence electrons. The molecule has 1 aromatic carbocycles. The summed E-state index contributed by atoms with van der Waals surface area (Å²) in [4.78, 5) is 9.18. The minimum Gasteiger partial charge on any atom is -0.468 e. The molecule has 6 nitrogen and oxygen atoms in total. The highest BCUT2D eigenvalue weighted by Crippen LogP contribution is 2.09. The van der Waals surface area contributed by atoms with Crippen molar-refractivity contribution in [3.05, 3.63) is 47.2 Å². The number of benzene rings is 1. The van der Waals surface area contributed by atoms with Crippen LogP contribution in [-0.4, -0.2) is 23.3 Å². The predicted molar refractivity (Wildman–Crippen MR) is 70.7 cm³/mol. The summed E-state index contributed by atoms with van der Waals surface area (Å²) >= 11 is 0. The zero-order valence-electron chi connectivity index (χ0n) is 11.4. The fourth-order valence-electron chi connectivity index (χ4n) is 1.40. The molecule has 0 amide bonds. The molecule has 0 radical (unpaired) electrons. The van der Waals surface area contributed by atoms with Crippen molar-refractivity contribution in [2.75, 3.05) is 6.61 Å². The number of nitriles is 1. The second-order valence-electron chi connectivity index (χ2n) is 3.76. The normalized spacial score (nSPS) is 9.05. The van der Waals surface area contributed by atoms with Crippen LogP contribution in [0, 0.1) is 18.3 Å². The van der Waals surface area contributed by atoms with Crippen LogP contribution in [0.4, 0.5) is 0 Å². The van der Waals surface area contributed by atoms with Crippen molar-refractivity contribution in [1.82, 2.24) is 10.2 Å². The van der Waals surface area contributed by atoms with Crippen LogP contribution in [0.2, 0.25) is 0 Å². The quantitative estimate of drug-likeness (QED) is 0.792. The van der Waals surface area contributed by atoms with Gasteiger partial charge in [0.25, 0.3) is 6.47 Å². The van der Waals surface area contributed by atoms with Crippen LogP contribution < -0.4 is 0 Å². The highest BCUT2D eigenvalue weighted by Gasteiger charge is 2.03. The molecule has 0 unspecified atom stereocenters. The number of carbonyl (C=O) groups is 1. The van der Waals surface area contributed by atoms with Gasteiger partial charge in [0.05, 0.1) is 24.7 Å². The van der Waals surface area contributed by atoms with E-state index in [1.807, 2.05) is 18.2 Å². The van der Waals surface area contributed by atoms with Crippen molar-refractivity contribution < 1.29 is 13.9 Å². The summed E-state index contributed by atoms with van der Waals surface area (Å²) in [5, 5.41) is 16.4. The largest absolute Gasteiger partial charge is 0.468 e. The van der Waals surface area contributed by atoms with Gasteiger partial charge in [0, 0.05) is 6.92 Å². The SMILES string of the molecule is CCOC=O.Cc1nnc(Cc2cccc(C#N)c2)o1. The van der Waals surface area contributed by atoms with Gasteiger partial charge in [-0.05, 0) is 24.6 Å². The van der Waals surface area contributed by atoms with Crippen molar-refractivity contribution in [2.24, 2.45) is 0 Å². The Labute approximate surface area is 117 Å². The standard InChI is InChI=1S/C11H9N3O.C3H6O2/c1-8-13-14-11(15-8)6-9-3-2-4-10(5-9)7-12;1-2-5-3-4/h2-5H,6H2,1H3;3H,2H2,1H3. The van der Waals surface area contributed by atoms with Crippen molar-refractivity contribution in [3.63, 3.8) is 0 Å². The summed E-state index contributed by atoms with van der Waals surface area (Å²) in [6.45, 7) is 4.42. The van der Waals surface area contributed by atoms with E-state index in [-0.39, 0.29) is 0 Å². The lowest BCUT2D eigenvalue weighted by Gasteiger charge is -1.96. The number of nitrogens with zero attached hydrogens (tertiary/aromatic N) is 3. The number of aryl methyl sites for hydroxylation is 1. The fraction of sp³-hybridized carbons (Fsp3) is 0.286. The first-order valence-corrected chi connectivity index (χ1v) is 6.02. The average Bonchev–Trinajstić information content (AvgIpc) is 2.86. The first-order chi connectivity index (χ1) is 9.69. The van der Waals surface area contributed by atoms with Gasteiger partial charge < -0.3 is 9.15 Å². The first-order valence-electron chi connectivity index (χ1n) is 6.02. The molecule has 0 bridgehead atoms. The molecule has 0 aliphatic rings. The van der Waals surface area contributed by atoms with E-state index in [2.05, 4.69) is 21.0 Å². The fourth-order valence-corrected chi connectivity index (χ4v) is 1.40. The van der Waals surface area contributed by atoms with Crippen molar-refractivity contribution >= 4 is 6.47 Å². The van der Waals surface area contributed by atoms with Crippen LogP contribution in [0.3, 0.4) is 0 Å². The topological polar surface area (TPSA) is 89.0 Å². The molecule has 0 saturated carbocycles. The Morgan fingerprint density at radius 1 is 1.45 bits per heavy atom. The maximum atomic E-state index is 9.18. The lowest BCUT2D eigenvalue weighted by atomic mass is 10.1. The van der Waals surface area contributed by atoms with E-state index in [9.17, 15) is 4.79 Å². The summed E-state index contributed by atoms with van der Waals surface area (Å²) in [5.74, 6) is 1.13. The molecule has 20 heavy (non-hydrogen) atoms. The van der Waals surface area contributed by atoms with Crippen LogP contribution in [-0.2, 0) is 16.0 Å². The van der Waals surface area contributed by atoms with Crippen LogP contribution in [0.1, 0.15) is 29.8 Å². The van der Waals surface area contributed by atoms with Gasteiger partial charge in [-0.15, -0.1) is 10.2 Å². The smallest absolute Gasteiger partial charge is 0.293 e. The lowest BCUT2D eigenvalue weighted by molar-refractivity contribution is -0.128. The molecule has 2 aromatic rings. The van der Waals surface area contributed by atoms with Gasteiger partial charge in [-0.2, -0.15) is 5.26 Å². The summed E-state index contributed by atoms with van der Waals surface area (Å²) in [6.07, 6.45) is 0.566. The summed E-state index contributed by atoms with van der Waals surface area (Å²) < 4.78 is 9.41. The van der Waals surface area contributed by atoms with E-state index in [0.29, 0.717) is 36.8 Å². The van der Waals surface area contributed by atoms with Crippen molar-refractivity contribution in [2.45, 2.75) is 20.3 Å². The Hall–Kier alpha value is -2.68. The minimum atomic E-state index is 0.431. The van der Waals surface area contributed by atoms with Gasteiger partial charge >= 0.3 is 0 Å². The molecule has 2 rings (SSSR count). The molecule has 0 aliphatic heterocycles. The van der Waals surface area contributed by atoms with Gasteiger partial charge in [0.1, 0.15) is 0 Å². The van der Waals surface area contributed by atoms with E-state index in [1.54, 1.807) is 19.9 Å². The Morgan fingerprint density at radius 2 is 2.25 bits per heavy atom. The van der Waals surface area contributed by atoms with Gasteiger partial charge in [-0.25, -0.2) is 0 Å². The minimum absolute atomic E-state index is 0.431. The number of hydrogen-bond acceptors (Lipinski definition) is 6. The van der Waals surface area contributed by atoms with Crippen molar-refractivity contribution in [1.29, 1.82) is 5.26 Å². The molecular weight excluding hydrogens is 258 g/mol. The van der Waals surface area contributed by atoms with E-state index < -0.39 is 0 Å². The molecule has 0 atom stereocenters. The Kier molecular flexibility index (Phi) is 6.48. The van der Waals surface area contributed by atoms with E-state index in [4.69, 9.17) is 9.68 Å². The summed E-state index contributed by atoms with van der Waals surface area (Å²) in [5.41, 5.74) is 1.64. The molecule has 0 aliphatic carbocycles. The first kappa shape index (κ1) is 15.4. The maximum Gasteiger partial charge on any atom is 0.293 e. The molecule has 0 N–H and O–H groups in total. The Bertz CT molecular complexity index is 587. The maximum absolute atomic E-state index is 9.18. The van der Waals surface area contributed by atoms with Gasteiger partial charge in [-0.3, -0.25) is 4.79 Å². The monoisotopic (exact) mass is 273 g/mol. The number of rotatable bonds is 4. The second kappa shape index (κ2) is 8.43. The Morgan fingerprint density at radius 3 is 2.75 bits per heavy atom. The van der Waals surface area contributed by atoms with Gasteiger partial charge in [0.2, 0.25) is 11.8 Å².